The normalized spacial score (nSPS) is 14.6. The largest absolute Gasteiger partial charge is 0.480 e. The van der Waals surface area contributed by atoms with E-state index in [1.54, 1.807) is 13.8 Å². The summed E-state index contributed by atoms with van der Waals surface area (Å²) >= 11 is 5.86. The fourth-order valence-corrected chi connectivity index (χ4v) is 1.79. The first kappa shape index (κ1) is 12.9. The quantitative estimate of drug-likeness (QED) is 0.859. The number of hydrogen-bond acceptors (Lipinski definition) is 2. The molecule has 3 N–H and O–H groups in total. The lowest BCUT2D eigenvalue weighted by molar-refractivity contribution is -0.139. The van der Waals surface area contributed by atoms with Gasteiger partial charge in [0.2, 0.25) is 0 Å². The van der Waals surface area contributed by atoms with Gasteiger partial charge >= 0.3 is 5.97 Å². The van der Waals surface area contributed by atoms with Crippen molar-refractivity contribution in [1.29, 1.82) is 0 Å². The van der Waals surface area contributed by atoms with Crippen LogP contribution in [0.25, 0.3) is 0 Å². The molecule has 0 fully saturated rings. The van der Waals surface area contributed by atoms with Crippen LogP contribution in [0.4, 0.5) is 4.39 Å². The molecule has 1 aromatic carbocycles. The zero-order valence-corrected chi connectivity index (χ0v) is 9.75. The van der Waals surface area contributed by atoms with Crippen LogP contribution in [0.5, 0.6) is 0 Å². The van der Waals surface area contributed by atoms with Crippen LogP contribution in [0.2, 0.25) is 5.02 Å². The maximum Gasteiger partial charge on any atom is 0.321 e. The molecule has 5 heteroatoms. The van der Waals surface area contributed by atoms with E-state index in [1.807, 2.05) is 0 Å². The molecule has 0 aliphatic heterocycles. The van der Waals surface area contributed by atoms with Crippen molar-refractivity contribution in [3.63, 3.8) is 0 Å². The first-order valence-corrected chi connectivity index (χ1v) is 5.17. The Morgan fingerprint density at radius 3 is 2.62 bits per heavy atom. The first-order chi connectivity index (χ1) is 7.36. The molecule has 0 aliphatic carbocycles. The maximum absolute atomic E-state index is 13.6. The number of nitrogens with two attached hydrogens (primary N) is 1. The maximum atomic E-state index is 13.6. The fourth-order valence-electron chi connectivity index (χ4n) is 1.62. The second-order valence-corrected chi connectivity index (χ2v) is 4.13. The van der Waals surface area contributed by atoms with Gasteiger partial charge in [0.25, 0.3) is 0 Å². The standard InChI is InChI=1S/C11H13ClFNO2/c1-5-7(12)3-4-8(13)9(5)6(2)10(14)11(15)16/h3-4,6,10H,14H2,1-2H3,(H,15,16)/t6?,10-/m0/s1. The van der Waals surface area contributed by atoms with E-state index in [9.17, 15) is 9.18 Å². The fraction of sp³-hybridized carbons (Fsp3) is 0.364. The average Bonchev–Trinajstić information content (AvgIpc) is 2.22. The summed E-state index contributed by atoms with van der Waals surface area (Å²) in [6.45, 7) is 3.21. The van der Waals surface area contributed by atoms with Crippen LogP contribution >= 0.6 is 11.6 Å². The molecule has 16 heavy (non-hydrogen) atoms. The van der Waals surface area contributed by atoms with Gasteiger partial charge in [-0.2, -0.15) is 0 Å². The minimum Gasteiger partial charge on any atom is -0.480 e. The van der Waals surface area contributed by atoms with Gasteiger partial charge in [0.05, 0.1) is 0 Å². The Morgan fingerprint density at radius 1 is 1.56 bits per heavy atom. The Balaban J connectivity index is 3.22. The zero-order chi connectivity index (χ0) is 12.5. The molecule has 1 rings (SSSR count). The van der Waals surface area contributed by atoms with Crippen LogP contribution in [0.3, 0.4) is 0 Å². The van der Waals surface area contributed by atoms with E-state index in [0.717, 1.165) is 0 Å². The van der Waals surface area contributed by atoms with Crippen LogP contribution in [-0.4, -0.2) is 17.1 Å². The van der Waals surface area contributed by atoms with Crippen LogP contribution in [0, 0.1) is 12.7 Å². The van der Waals surface area contributed by atoms with Gasteiger partial charge < -0.3 is 10.8 Å². The van der Waals surface area contributed by atoms with E-state index in [-0.39, 0.29) is 5.56 Å². The number of carboxylic acids is 1. The first-order valence-electron chi connectivity index (χ1n) is 4.79. The summed E-state index contributed by atoms with van der Waals surface area (Å²) < 4.78 is 13.6. The Labute approximate surface area is 98.0 Å². The van der Waals surface area contributed by atoms with Gasteiger partial charge in [0.15, 0.2) is 0 Å². The number of rotatable bonds is 3. The summed E-state index contributed by atoms with van der Waals surface area (Å²) in [6.07, 6.45) is 0. The monoisotopic (exact) mass is 245 g/mol. The zero-order valence-electron chi connectivity index (χ0n) is 9.00. The van der Waals surface area contributed by atoms with Gasteiger partial charge in [-0.15, -0.1) is 0 Å². The molecular weight excluding hydrogens is 233 g/mol. The van der Waals surface area contributed by atoms with Crippen molar-refractivity contribution in [1.82, 2.24) is 0 Å². The molecule has 0 spiro atoms. The van der Waals surface area contributed by atoms with Crippen molar-refractivity contribution < 1.29 is 14.3 Å². The smallest absolute Gasteiger partial charge is 0.321 e. The molecule has 3 nitrogen and oxygen atoms in total. The number of hydrogen-bond donors (Lipinski definition) is 2. The minimum atomic E-state index is -1.16. The molecule has 0 saturated carbocycles. The second-order valence-electron chi connectivity index (χ2n) is 3.72. The lowest BCUT2D eigenvalue weighted by Gasteiger charge is -2.19. The topological polar surface area (TPSA) is 63.3 Å². The number of carbonyl (C=O) groups is 1. The Bertz CT molecular complexity index is 423. The number of benzene rings is 1. The van der Waals surface area contributed by atoms with Crippen molar-refractivity contribution in [2.75, 3.05) is 0 Å². The average molecular weight is 246 g/mol. The third-order valence-corrected chi connectivity index (χ3v) is 3.08. The number of carboxylic acid groups (broad SMARTS) is 1. The Kier molecular flexibility index (Phi) is 3.88. The van der Waals surface area contributed by atoms with Crippen molar-refractivity contribution in [2.24, 2.45) is 5.73 Å². The van der Waals surface area contributed by atoms with E-state index in [2.05, 4.69) is 0 Å². The number of halogens is 2. The summed E-state index contributed by atoms with van der Waals surface area (Å²) in [5.74, 6) is -2.27. The lowest BCUT2D eigenvalue weighted by atomic mass is 9.90. The lowest BCUT2D eigenvalue weighted by Crippen LogP contribution is -2.36. The summed E-state index contributed by atoms with van der Waals surface area (Å²) in [5.41, 5.74) is 6.27. The predicted molar refractivity (Wildman–Crippen MR) is 60.2 cm³/mol. The van der Waals surface area contributed by atoms with Crippen molar-refractivity contribution in [3.8, 4) is 0 Å². The van der Waals surface area contributed by atoms with Crippen LogP contribution in [0.15, 0.2) is 12.1 Å². The van der Waals surface area contributed by atoms with Crippen molar-refractivity contribution in [3.05, 3.63) is 34.1 Å². The van der Waals surface area contributed by atoms with Gasteiger partial charge in [0, 0.05) is 10.9 Å². The van der Waals surface area contributed by atoms with E-state index in [1.165, 1.54) is 12.1 Å². The molecule has 1 aromatic rings. The van der Waals surface area contributed by atoms with E-state index >= 15 is 0 Å². The molecule has 0 heterocycles. The molecule has 88 valence electrons. The van der Waals surface area contributed by atoms with Crippen LogP contribution < -0.4 is 5.73 Å². The molecule has 0 bridgehead atoms. The second kappa shape index (κ2) is 4.80. The highest BCUT2D eigenvalue weighted by Crippen LogP contribution is 2.29. The summed E-state index contributed by atoms with van der Waals surface area (Å²) in [4.78, 5) is 10.7. The highest BCUT2D eigenvalue weighted by molar-refractivity contribution is 6.31. The summed E-state index contributed by atoms with van der Waals surface area (Å²) in [5, 5.41) is 9.19. The van der Waals surface area contributed by atoms with Gasteiger partial charge in [-0.1, -0.05) is 18.5 Å². The SMILES string of the molecule is Cc1c(Cl)ccc(F)c1C(C)[C@H](N)C(=O)O. The molecule has 0 saturated heterocycles. The molecule has 0 aromatic heterocycles. The Hall–Kier alpha value is -1.13. The van der Waals surface area contributed by atoms with Crippen molar-refractivity contribution in [2.45, 2.75) is 25.8 Å². The van der Waals surface area contributed by atoms with E-state index in [4.69, 9.17) is 22.4 Å². The highest BCUT2D eigenvalue weighted by atomic mass is 35.5. The third-order valence-electron chi connectivity index (χ3n) is 2.67. The summed E-state index contributed by atoms with van der Waals surface area (Å²) in [7, 11) is 0. The van der Waals surface area contributed by atoms with E-state index in [0.29, 0.717) is 10.6 Å². The predicted octanol–water partition coefficient (Wildman–Crippen LogP) is 2.30. The van der Waals surface area contributed by atoms with Gasteiger partial charge in [-0.3, -0.25) is 4.79 Å². The molecule has 0 amide bonds. The summed E-state index contributed by atoms with van der Waals surface area (Å²) in [6, 6.07) is 1.51. The third kappa shape index (κ3) is 2.33. The molecule has 0 aliphatic rings. The van der Waals surface area contributed by atoms with Crippen molar-refractivity contribution >= 4 is 17.6 Å². The Morgan fingerprint density at radius 2 is 2.12 bits per heavy atom. The van der Waals surface area contributed by atoms with Gasteiger partial charge in [0.1, 0.15) is 11.9 Å². The van der Waals surface area contributed by atoms with Gasteiger partial charge in [-0.25, -0.2) is 4.39 Å². The minimum absolute atomic E-state index is 0.266. The van der Waals surface area contributed by atoms with Crippen LogP contribution in [0.1, 0.15) is 24.0 Å². The molecule has 2 atom stereocenters. The van der Waals surface area contributed by atoms with Gasteiger partial charge in [-0.05, 0) is 30.2 Å². The molecule has 0 radical (unpaired) electrons. The molecular formula is C11H13ClFNO2. The number of aliphatic carboxylic acids is 1. The highest BCUT2D eigenvalue weighted by Gasteiger charge is 2.26. The van der Waals surface area contributed by atoms with Crippen LogP contribution in [-0.2, 0) is 4.79 Å². The molecule has 1 unspecified atom stereocenters. The van der Waals surface area contributed by atoms with E-state index < -0.39 is 23.7 Å².